The molecule has 2 aromatic heterocycles. The van der Waals surface area contributed by atoms with Crippen LogP contribution in [0.2, 0.25) is 0 Å². The Hall–Kier alpha value is -3.19. The van der Waals surface area contributed by atoms with E-state index < -0.39 is 0 Å². The number of amides is 1. The quantitative estimate of drug-likeness (QED) is 0.352. The second kappa shape index (κ2) is 10.7. The number of aromatic nitrogens is 2. The molecule has 5 rings (SSSR count). The smallest absolute Gasteiger partial charge is 0.224 e. The van der Waals surface area contributed by atoms with Gasteiger partial charge in [0.15, 0.2) is 5.11 Å². The molecule has 6 nitrogen and oxygen atoms in total. The molecule has 3 aromatic rings. The first-order chi connectivity index (χ1) is 17.9. The lowest BCUT2D eigenvalue weighted by molar-refractivity contribution is -0.115. The Labute approximate surface area is 225 Å². The Morgan fingerprint density at radius 3 is 2.57 bits per heavy atom. The number of hydrogen-bond acceptors (Lipinski definition) is 3. The van der Waals surface area contributed by atoms with Crippen LogP contribution in [-0.4, -0.2) is 20.6 Å². The number of thiocarbonyl (C=S) groups is 1. The van der Waals surface area contributed by atoms with Crippen molar-refractivity contribution in [3.8, 4) is 0 Å². The van der Waals surface area contributed by atoms with Crippen molar-refractivity contribution in [2.45, 2.75) is 84.3 Å². The van der Waals surface area contributed by atoms with Crippen LogP contribution in [0.4, 0.5) is 11.4 Å². The van der Waals surface area contributed by atoms with E-state index in [0.29, 0.717) is 17.6 Å². The number of aryl methyl sites for hydroxylation is 2. The molecule has 3 heterocycles. The van der Waals surface area contributed by atoms with E-state index in [1.54, 1.807) is 0 Å². The molecule has 194 valence electrons. The van der Waals surface area contributed by atoms with Gasteiger partial charge < -0.3 is 20.1 Å². The monoisotopic (exact) mass is 515 g/mol. The fraction of sp³-hybridized carbons (Fsp3) is 0.433. The molecular weight excluding hydrogens is 478 g/mol. The van der Waals surface area contributed by atoms with Crippen molar-refractivity contribution in [1.29, 1.82) is 0 Å². The molecule has 1 saturated carbocycles. The molecule has 2 atom stereocenters. The number of rotatable bonds is 6. The number of pyridine rings is 1. The lowest BCUT2D eigenvalue weighted by atomic mass is 9.94. The molecule has 2 N–H and O–H groups in total. The zero-order valence-corrected chi connectivity index (χ0v) is 23.1. The maximum atomic E-state index is 12.0. The minimum atomic E-state index is -0.0752. The second-order valence-electron chi connectivity index (χ2n) is 10.4. The van der Waals surface area contributed by atoms with Gasteiger partial charge in [-0.25, -0.2) is 0 Å². The van der Waals surface area contributed by atoms with Crippen LogP contribution in [0, 0.1) is 20.8 Å². The summed E-state index contributed by atoms with van der Waals surface area (Å²) in [5.41, 5.74) is 7.74. The summed E-state index contributed by atoms with van der Waals surface area (Å²) in [6, 6.07) is 15.0. The van der Waals surface area contributed by atoms with Crippen LogP contribution < -0.4 is 15.5 Å². The second-order valence-corrected chi connectivity index (χ2v) is 10.8. The highest BCUT2D eigenvalue weighted by molar-refractivity contribution is 7.80. The van der Waals surface area contributed by atoms with Gasteiger partial charge >= 0.3 is 0 Å². The van der Waals surface area contributed by atoms with Crippen LogP contribution in [0.15, 0.2) is 48.7 Å². The van der Waals surface area contributed by atoms with Crippen LogP contribution in [0.3, 0.4) is 0 Å². The highest BCUT2D eigenvalue weighted by Crippen LogP contribution is 2.45. The average molecular weight is 516 g/mol. The zero-order valence-electron chi connectivity index (χ0n) is 22.3. The molecule has 1 amide bonds. The van der Waals surface area contributed by atoms with Gasteiger partial charge in [-0.2, -0.15) is 0 Å². The standard InChI is InChI=1S/C30H37N5OS/c1-5-27(36)32-25-15-14-23(17-19(25)2)35-29(28(33-30(35)37)26-13-9-10-16-31-26)24-18-20(3)34(21(24)4)22-11-7-6-8-12-22/h9-10,13-18,22,28-29H,5-8,11-12H2,1-4H3,(H,32,36)(H,33,37)/t28-,29-/m0/s1. The van der Waals surface area contributed by atoms with Crippen molar-refractivity contribution in [2.75, 3.05) is 10.2 Å². The normalized spacial score (nSPS) is 20.2. The Balaban J connectivity index is 1.59. The van der Waals surface area contributed by atoms with Gasteiger partial charge in [0.1, 0.15) is 0 Å². The third-order valence-electron chi connectivity index (χ3n) is 7.96. The fourth-order valence-corrected chi connectivity index (χ4v) is 6.47. The van der Waals surface area contributed by atoms with Crippen LogP contribution >= 0.6 is 12.2 Å². The number of anilines is 2. The van der Waals surface area contributed by atoms with Gasteiger partial charge in [-0.1, -0.05) is 32.3 Å². The van der Waals surface area contributed by atoms with Gasteiger partial charge in [-0.05, 0) is 93.4 Å². The zero-order chi connectivity index (χ0) is 26.1. The van der Waals surface area contributed by atoms with E-state index in [4.69, 9.17) is 17.2 Å². The average Bonchev–Trinajstić information content (AvgIpc) is 3.41. The summed E-state index contributed by atoms with van der Waals surface area (Å²) in [5.74, 6) is 0.0115. The molecule has 0 bridgehead atoms. The maximum absolute atomic E-state index is 12.0. The largest absolute Gasteiger partial charge is 0.351 e. The highest BCUT2D eigenvalue weighted by atomic mass is 32.1. The van der Waals surface area contributed by atoms with Gasteiger partial charge in [-0.15, -0.1) is 0 Å². The summed E-state index contributed by atoms with van der Waals surface area (Å²) in [7, 11) is 0. The molecule has 1 aromatic carbocycles. The summed E-state index contributed by atoms with van der Waals surface area (Å²) in [4.78, 5) is 19.0. The van der Waals surface area contributed by atoms with Crippen molar-refractivity contribution in [2.24, 2.45) is 0 Å². The number of carbonyl (C=O) groups is 1. The van der Waals surface area contributed by atoms with E-state index in [2.05, 4.69) is 58.2 Å². The number of carbonyl (C=O) groups excluding carboxylic acids is 1. The Bertz CT molecular complexity index is 1290. The van der Waals surface area contributed by atoms with Crippen molar-refractivity contribution in [3.05, 3.63) is 76.9 Å². The first-order valence-corrected chi connectivity index (χ1v) is 13.9. The number of benzene rings is 1. The van der Waals surface area contributed by atoms with Crippen LogP contribution in [-0.2, 0) is 4.79 Å². The van der Waals surface area contributed by atoms with Gasteiger partial charge in [0.05, 0.1) is 17.8 Å². The third kappa shape index (κ3) is 4.89. The van der Waals surface area contributed by atoms with E-state index in [-0.39, 0.29) is 18.0 Å². The predicted molar refractivity (Wildman–Crippen MR) is 154 cm³/mol. The molecule has 0 spiro atoms. The topological polar surface area (TPSA) is 62.2 Å². The third-order valence-corrected chi connectivity index (χ3v) is 8.28. The maximum Gasteiger partial charge on any atom is 0.224 e. The molecule has 1 saturated heterocycles. The SMILES string of the molecule is CCC(=O)Nc1ccc(N2C(=S)N[C@@H](c3ccccn3)[C@@H]2c2cc(C)n(C3CCCCC3)c2C)cc1C. The first-order valence-electron chi connectivity index (χ1n) is 13.5. The molecule has 37 heavy (non-hydrogen) atoms. The predicted octanol–water partition coefficient (Wildman–Crippen LogP) is 6.84. The molecule has 1 aliphatic carbocycles. The van der Waals surface area contributed by atoms with Crippen LogP contribution in [0.25, 0.3) is 0 Å². The van der Waals surface area contributed by atoms with Crippen molar-refractivity contribution >= 4 is 34.6 Å². The summed E-state index contributed by atoms with van der Waals surface area (Å²) in [5, 5.41) is 7.29. The van der Waals surface area contributed by atoms with Crippen molar-refractivity contribution in [1.82, 2.24) is 14.9 Å². The lowest BCUT2D eigenvalue weighted by Crippen LogP contribution is -2.29. The minimum Gasteiger partial charge on any atom is -0.351 e. The highest BCUT2D eigenvalue weighted by Gasteiger charge is 2.42. The summed E-state index contributed by atoms with van der Waals surface area (Å²) in [6.07, 6.45) is 8.73. The molecule has 0 unspecified atom stereocenters. The first kappa shape index (κ1) is 25.5. The van der Waals surface area contributed by atoms with E-state index in [9.17, 15) is 4.79 Å². The van der Waals surface area contributed by atoms with Gasteiger partial charge in [-0.3, -0.25) is 9.78 Å². The summed E-state index contributed by atoms with van der Waals surface area (Å²) in [6.45, 7) is 8.39. The molecule has 1 aliphatic heterocycles. The van der Waals surface area contributed by atoms with Gasteiger partial charge in [0, 0.05) is 41.4 Å². The summed E-state index contributed by atoms with van der Waals surface area (Å²) < 4.78 is 2.57. The number of nitrogens with zero attached hydrogens (tertiary/aromatic N) is 3. The van der Waals surface area contributed by atoms with E-state index in [1.165, 1.54) is 49.1 Å². The molecule has 2 fully saturated rings. The van der Waals surface area contributed by atoms with Crippen LogP contribution in [0.1, 0.15) is 91.8 Å². The minimum absolute atomic E-state index is 0.0115. The summed E-state index contributed by atoms with van der Waals surface area (Å²) >= 11 is 5.96. The number of hydrogen-bond donors (Lipinski definition) is 2. The molecule has 2 aliphatic rings. The Morgan fingerprint density at radius 2 is 1.89 bits per heavy atom. The van der Waals surface area contributed by atoms with Crippen LogP contribution in [0.5, 0.6) is 0 Å². The van der Waals surface area contributed by atoms with Gasteiger partial charge in [0.25, 0.3) is 0 Å². The van der Waals surface area contributed by atoms with E-state index in [1.807, 2.05) is 38.2 Å². The molecule has 7 heteroatoms. The fourth-order valence-electron chi connectivity index (χ4n) is 6.13. The number of nitrogens with one attached hydrogen (secondary N) is 2. The molecule has 0 radical (unpaired) electrons. The Kier molecular flexibility index (Phi) is 7.33. The van der Waals surface area contributed by atoms with Gasteiger partial charge in [0.2, 0.25) is 5.91 Å². The molecular formula is C30H37N5OS. The Morgan fingerprint density at radius 1 is 1.11 bits per heavy atom. The van der Waals surface area contributed by atoms with E-state index >= 15 is 0 Å². The van der Waals surface area contributed by atoms with E-state index in [0.717, 1.165) is 22.6 Å². The lowest BCUT2D eigenvalue weighted by Gasteiger charge is -2.30. The van der Waals surface area contributed by atoms with Crippen molar-refractivity contribution < 1.29 is 4.79 Å². The van der Waals surface area contributed by atoms with Crippen molar-refractivity contribution in [3.63, 3.8) is 0 Å².